The molecule has 0 saturated carbocycles. The Morgan fingerprint density at radius 1 is 1.15 bits per heavy atom. The number of alkyl halides is 2. The predicted octanol–water partition coefficient (Wildman–Crippen LogP) is 4.33. The second kappa shape index (κ2) is 4.44. The molecule has 5 heteroatoms. The van der Waals surface area contributed by atoms with Gasteiger partial charge in [-0.05, 0) is 25.1 Å². The van der Waals surface area contributed by atoms with Crippen LogP contribution in [0.15, 0.2) is 36.4 Å². The van der Waals surface area contributed by atoms with Crippen molar-refractivity contribution in [3.63, 3.8) is 0 Å². The lowest BCUT2D eigenvalue weighted by atomic mass is 9.95. The molecule has 0 bridgehead atoms. The van der Waals surface area contributed by atoms with Crippen LogP contribution in [0.3, 0.4) is 0 Å². The molecule has 0 aromatic heterocycles. The van der Waals surface area contributed by atoms with Gasteiger partial charge in [-0.2, -0.15) is 8.78 Å². The number of benzene rings is 2. The van der Waals surface area contributed by atoms with Crippen molar-refractivity contribution in [3.8, 4) is 22.6 Å². The van der Waals surface area contributed by atoms with Crippen molar-refractivity contribution in [3.05, 3.63) is 47.8 Å². The zero-order chi connectivity index (χ0) is 14.3. The van der Waals surface area contributed by atoms with Crippen molar-refractivity contribution < 1.29 is 22.6 Å². The molecule has 2 aromatic carbocycles. The third-order valence-corrected chi connectivity index (χ3v) is 3.10. The van der Waals surface area contributed by atoms with Gasteiger partial charge in [0.15, 0.2) is 0 Å². The predicted molar refractivity (Wildman–Crippen MR) is 67.5 cm³/mol. The third kappa shape index (κ3) is 1.90. The molecule has 0 radical (unpaired) electrons. The summed E-state index contributed by atoms with van der Waals surface area (Å²) in [6.07, 6.45) is -3.70. The van der Waals surface area contributed by atoms with Crippen LogP contribution in [0.25, 0.3) is 11.1 Å². The van der Waals surface area contributed by atoms with Crippen LogP contribution in [0.5, 0.6) is 11.5 Å². The van der Waals surface area contributed by atoms with Gasteiger partial charge in [0.25, 0.3) is 0 Å². The Hall–Kier alpha value is -2.17. The van der Waals surface area contributed by atoms with E-state index in [1.807, 2.05) is 0 Å². The minimum atomic E-state index is -3.70. The van der Waals surface area contributed by atoms with Gasteiger partial charge in [0, 0.05) is 17.2 Å². The van der Waals surface area contributed by atoms with E-state index in [2.05, 4.69) is 4.74 Å². The molecule has 2 nitrogen and oxygen atoms in total. The molecule has 0 atom stereocenters. The summed E-state index contributed by atoms with van der Waals surface area (Å²) in [5.41, 5.74) is -0.162. The van der Waals surface area contributed by atoms with E-state index in [9.17, 15) is 13.2 Å². The van der Waals surface area contributed by atoms with Crippen molar-refractivity contribution >= 4 is 0 Å². The molecule has 104 valence electrons. The Morgan fingerprint density at radius 3 is 2.70 bits per heavy atom. The average Bonchev–Trinajstić information content (AvgIpc) is 2.37. The number of rotatable bonds is 2. The Balaban J connectivity index is 2.21. The Kier molecular flexibility index (Phi) is 2.85. The van der Waals surface area contributed by atoms with Crippen molar-refractivity contribution in [2.75, 3.05) is 6.61 Å². The topological polar surface area (TPSA) is 18.5 Å². The van der Waals surface area contributed by atoms with Gasteiger partial charge < -0.3 is 9.47 Å². The standard InChI is InChI=1S/C15H11F3O2/c1-2-19-9-6-7-10-11-4-3-5-12(16)14(11)15(17,18)20-13(10)8-9/h3-8H,2H2,1H3. The van der Waals surface area contributed by atoms with E-state index in [4.69, 9.17) is 4.74 Å². The normalized spacial score (nSPS) is 15.0. The third-order valence-electron chi connectivity index (χ3n) is 3.10. The Bertz CT molecular complexity index is 668. The Labute approximate surface area is 113 Å². The van der Waals surface area contributed by atoms with E-state index in [1.165, 1.54) is 18.2 Å². The highest BCUT2D eigenvalue weighted by atomic mass is 19.3. The second-order valence-corrected chi connectivity index (χ2v) is 4.37. The zero-order valence-electron chi connectivity index (χ0n) is 10.6. The lowest BCUT2D eigenvalue weighted by Crippen LogP contribution is -2.27. The van der Waals surface area contributed by atoms with E-state index >= 15 is 0 Å². The van der Waals surface area contributed by atoms with Gasteiger partial charge in [-0.25, -0.2) is 4.39 Å². The minimum absolute atomic E-state index is 0.0148. The summed E-state index contributed by atoms with van der Waals surface area (Å²) < 4.78 is 51.5. The zero-order valence-corrected chi connectivity index (χ0v) is 10.6. The molecular weight excluding hydrogens is 269 g/mol. The average molecular weight is 280 g/mol. The van der Waals surface area contributed by atoms with E-state index in [1.54, 1.807) is 19.1 Å². The van der Waals surface area contributed by atoms with Crippen LogP contribution >= 0.6 is 0 Å². The molecular formula is C15H11F3O2. The molecule has 1 aliphatic rings. The number of hydrogen-bond acceptors (Lipinski definition) is 2. The summed E-state index contributed by atoms with van der Waals surface area (Å²) in [7, 11) is 0. The van der Waals surface area contributed by atoms with Crippen molar-refractivity contribution in [2.45, 2.75) is 13.0 Å². The first kappa shape index (κ1) is 12.8. The highest BCUT2D eigenvalue weighted by Crippen LogP contribution is 2.48. The van der Waals surface area contributed by atoms with Crippen LogP contribution in [0.4, 0.5) is 13.2 Å². The van der Waals surface area contributed by atoms with E-state index in [0.29, 0.717) is 17.9 Å². The molecule has 0 fully saturated rings. The minimum Gasteiger partial charge on any atom is -0.494 e. The quantitative estimate of drug-likeness (QED) is 0.815. The smallest absolute Gasteiger partial charge is 0.430 e. The van der Waals surface area contributed by atoms with Crippen LogP contribution in [-0.4, -0.2) is 6.61 Å². The molecule has 0 unspecified atom stereocenters. The fraction of sp³-hybridized carbons (Fsp3) is 0.200. The van der Waals surface area contributed by atoms with E-state index < -0.39 is 17.5 Å². The summed E-state index contributed by atoms with van der Waals surface area (Å²) in [6, 6.07) is 8.47. The molecule has 0 N–H and O–H groups in total. The molecule has 3 rings (SSSR count). The van der Waals surface area contributed by atoms with Gasteiger partial charge in [-0.3, -0.25) is 0 Å². The van der Waals surface area contributed by atoms with Gasteiger partial charge in [0.05, 0.1) is 6.61 Å². The molecule has 20 heavy (non-hydrogen) atoms. The first-order chi connectivity index (χ1) is 9.53. The lowest BCUT2D eigenvalue weighted by molar-refractivity contribution is -0.189. The van der Waals surface area contributed by atoms with Crippen LogP contribution in [0, 0.1) is 5.82 Å². The maximum atomic E-state index is 14.0. The van der Waals surface area contributed by atoms with Gasteiger partial charge in [-0.1, -0.05) is 12.1 Å². The number of ether oxygens (including phenoxy) is 2. The summed E-state index contributed by atoms with van der Waals surface area (Å²) in [5.74, 6) is -0.562. The molecule has 0 amide bonds. The van der Waals surface area contributed by atoms with Crippen LogP contribution < -0.4 is 9.47 Å². The van der Waals surface area contributed by atoms with Crippen LogP contribution in [0.1, 0.15) is 12.5 Å². The van der Waals surface area contributed by atoms with E-state index in [0.717, 1.165) is 6.07 Å². The van der Waals surface area contributed by atoms with Crippen LogP contribution in [-0.2, 0) is 6.11 Å². The fourth-order valence-electron chi connectivity index (χ4n) is 2.30. The van der Waals surface area contributed by atoms with Crippen LogP contribution in [0.2, 0.25) is 0 Å². The Morgan fingerprint density at radius 2 is 1.95 bits per heavy atom. The summed E-state index contributed by atoms with van der Waals surface area (Å²) in [6.45, 7) is 2.21. The summed E-state index contributed by atoms with van der Waals surface area (Å²) in [4.78, 5) is 0. The number of halogens is 3. The molecule has 0 aliphatic carbocycles. The highest BCUT2D eigenvalue weighted by Gasteiger charge is 2.44. The molecule has 0 spiro atoms. The van der Waals surface area contributed by atoms with Gasteiger partial charge in [0.2, 0.25) is 0 Å². The maximum Gasteiger partial charge on any atom is 0.430 e. The molecule has 2 aromatic rings. The van der Waals surface area contributed by atoms with Crippen molar-refractivity contribution in [1.82, 2.24) is 0 Å². The number of hydrogen-bond donors (Lipinski definition) is 0. The van der Waals surface area contributed by atoms with Crippen molar-refractivity contribution in [2.24, 2.45) is 0 Å². The molecule has 1 aliphatic heterocycles. The second-order valence-electron chi connectivity index (χ2n) is 4.37. The largest absolute Gasteiger partial charge is 0.494 e. The van der Waals surface area contributed by atoms with Gasteiger partial charge >= 0.3 is 6.11 Å². The maximum absolute atomic E-state index is 14.0. The lowest BCUT2D eigenvalue weighted by Gasteiger charge is -2.28. The molecule has 1 heterocycles. The fourth-order valence-corrected chi connectivity index (χ4v) is 2.30. The number of fused-ring (bicyclic) bond motifs is 3. The molecule has 0 saturated heterocycles. The van der Waals surface area contributed by atoms with E-state index in [-0.39, 0.29) is 11.3 Å². The SMILES string of the molecule is CCOc1ccc2c(c1)OC(F)(F)c1c(F)cccc1-2. The van der Waals surface area contributed by atoms with Gasteiger partial charge in [-0.15, -0.1) is 0 Å². The summed E-state index contributed by atoms with van der Waals surface area (Å²) in [5, 5.41) is 0. The first-order valence-corrected chi connectivity index (χ1v) is 6.16. The highest BCUT2D eigenvalue weighted by molar-refractivity contribution is 5.77. The van der Waals surface area contributed by atoms with Crippen molar-refractivity contribution in [1.29, 1.82) is 0 Å². The first-order valence-electron chi connectivity index (χ1n) is 6.16. The van der Waals surface area contributed by atoms with Gasteiger partial charge in [0.1, 0.15) is 22.9 Å². The summed E-state index contributed by atoms with van der Waals surface area (Å²) >= 11 is 0. The monoisotopic (exact) mass is 280 g/mol.